The maximum atomic E-state index is 12.4. The third-order valence-corrected chi connectivity index (χ3v) is 5.38. The molecule has 0 aliphatic carbocycles. The van der Waals surface area contributed by atoms with Crippen molar-refractivity contribution in [3.63, 3.8) is 0 Å². The van der Waals surface area contributed by atoms with E-state index in [1.54, 1.807) is 42.5 Å². The molecule has 2 amide bonds. The SMILES string of the molecule is C[C@@H](Oc1ccc(-c2nc(C(C)(C)C)cs2)cc1)C(=O)Nc1ccc(C(N)=O)cc1. The normalized spacial score (nSPS) is 12.3. The number of nitrogens with two attached hydrogens (primary N) is 1. The number of carbonyl (C=O) groups is 2. The van der Waals surface area contributed by atoms with Gasteiger partial charge in [-0.05, 0) is 55.5 Å². The Morgan fingerprint density at radius 1 is 1.07 bits per heavy atom. The van der Waals surface area contributed by atoms with Crippen LogP contribution in [0, 0.1) is 0 Å². The largest absolute Gasteiger partial charge is 0.481 e. The molecule has 0 radical (unpaired) electrons. The zero-order valence-electron chi connectivity index (χ0n) is 17.4. The minimum atomic E-state index is -0.695. The van der Waals surface area contributed by atoms with Gasteiger partial charge >= 0.3 is 0 Å². The number of aromatic nitrogens is 1. The Labute approximate surface area is 180 Å². The number of nitrogens with one attached hydrogen (secondary N) is 1. The molecule has 0 aliphatic rings. The van der Waals surface area contributed by atoms with E-state index in [2.05, 4.69) is 31.5 Å². The first-order chi connectivity index (χ1) is 14.1. The van der Waals surface area contributed by atoms with E-state index in [0.717, 1.165) is 16.3 Å². The van der Waals surface area contributed by atoms with Gasteiger partial charge in [0, 0.05) is 27.6 Å². The Balaban J connectivity index is 1.61. The second-order valence-electron chi connectivity index (χ2n) is 8.00. The van der Waals surface area contributed by atoms with E-state index >= 15 is 0 Å². The Kier molecular flexibility index (Phi) is 6.22. The molecule has 0 spiro atoms. The fraction of sp³-hybridized carbons (Fsp3) is 0.261. The van der Waals surface area contributed by atoms with Gasteiger partial charge in [-0.15, -0.1) is 11.3 Å². The van der Waals surface area contributed by atoms with Gasteiger partial charge in [-0.1, -0.05) is 20.8 Å². The highest BCUT2D eigenvalue weighted by Crippen LogP contribution is 2.30. The van der Waals surface area contributed by atoms with Crippen LogP contribution in [-0.2, 0) is 10.2 Å². The number of hydrogen-bond acceptors (Lipinski definition) is 5. The number of primary amides is 1. The van der Waals surface area contributed by atoms with Crippen LogP contribution in [0.5, 0.6) is 5.75 Å². The minimum Gasteiger partial charge on any atom is -0.481 e. The number of carbonyl (C=O) groups excluding carboxylic acids is 2. The second kappa shape index (κ2) is 8.67. The molecular weight excluding hydrogens is 398 g/mol. The van der Waals surface area contributed by atoms with Crippen molar-refractivity contribution in [1.29, 1.82) is 0 Å². The lowest BCUT2D eigenvalue weighted by atomic mass is 9.93. The highest BCUT2D eigenvalue weighted by molar-refractivity contribution is 7.13. The Bertz CT molecular complexity index is 1030. The standard InChI is InChI=1S/C23H25N3O3S/c1-14(21(28)25-17-9-5-15(6-10-17)20(24)27)29-18-11-7-16(8-12-18)22-26-19(13-30-22)23(2,3)4/h5-14H,1-4H3,(H2,24,27)(H,25,28)/t14-/m1/s1. The van der Waals surface area contributed by atoms with Crippen LogP contribution in [0.25, 0.3) is 10.6 Å². The lowest BCUT2D eigenvalue weighted by Crippen LogP contribution is -2.30. The maximum absolute atomic E-state index is 12.4. The average Bonchev–Trinajstić information content (AvgIpc) is 3.19. The van der Waals surface area contributed by atoms with Gasteiger partial charge in [0.25, 0.3) is 5.91 Å². The number of ether oxygens (including phenoxy) is 1. The van der Waals surface area contributed by atoms with Crippen molar-refractivity contribution >= 4 is 28.8 Å². The molecule has 0 saturated carbocycles. The van der Waals surface area contributed by atoms with Crippen molar-refractivity contribution in [3.05, 3.63) is 65.2 Å². The van der Waals surface area contributed by atoms with E-state index in [1.165, 1.54) is 0 Å². The molecule has 156 valence electrons. The summed E-state index contributed by atoms with van der Waals surface area (Å²) >= 11 is 1.61. The number of rotatable bonds is 6. The summed E-state index contributed by atoms with van der Waals surface area (Å²) in [6, 6.07) is 13.9. The first kappa shape index (κ1) is 21.5. The van der Waals surface area contributed by atoms with Crippen LogP contribution in [0.15, 0.2) is 53.9 Å². The summed E-state index contributed by atoms with van der Waals surface area (Å²) in [6.07, 6.45) is -0.695. The van der Waals surface area contributed by atoms with Crippen LogP contribution in [0.1, 0.15) is 43.7 Å². The van der Waals surface area contributed by atoms with Gasteiger partial charge in [0.05, 0.1) is 5.69 Å². The molecule has 1 heterocycles. The summed E-state index contributed by atoms with van der Waals surface area (Å²) in [7, 11) is 0. The van der Waals surface area contributed by atoms with E-state index in [9.17, 15) is 9.59 Å². The third-order valence-electron chi connectivity index (χ3n) is 4.49. The first-order valence-electron chi connectivity index (χ1n) is 9.57. The van der Waals surface area contributed by atoms with Crippen molar-refractivity contribution in [2.45, 2.75) is 39.2 Å². The van der Waals surface area contributed by atoms with E-state index in [4.69, 9.17) is 15.5 Å². The molecule has 0 bridgehead atoms. The molecule has 0 unspecified atom stereocenters. The Hall–Kier alpha value is -3.19. The molecule has 6 nitrogen and oxygen atoms in total. The zero-order valence-corrected chi connectivity index (χ0v) is 18.2. The van der Waals surface area contributed by atoms with Gasteiger partial charge in [-0.3, -0.25) is 9.59 Å². The second-order valence-corrected chi connectivity index (χ2v) is 8.86. The minimum absolute atomic E-state index is 0.0146. The molecule has 1 aromatic heterocycles. The van der Waals surface area contributed by atoms with Crippen molar-refractivity contribution < 1.29 is 14.3 Å². The summed E-state index contributed by atoms with van der Waals surface area (Å²) in [6.45, 7) is 8.10. The number of thiazole rings is 1. The molecule has 1 atom stereocenters. The van der Waals surface area contributed by atoms with Crippen molar-refractivity contribution in [2.75, 3.05) is 5.32 Å². The zero-order chi connectivity index (χ0) is 21.9. The van der Waals surface area contributed by atoms with Crippen LogP contribution in [0.3, 0.4) is 0 Å². The van der Waals surface area contributed by atoms with Crippen molar-refractivity contribution in [2.24, 2.45) is 5.73 Å². The maximum Gasteiger partial charge on any atom is 0.265 e. The topological polar surface area (TPSA) is 94.3 Å². The van der Waals surface area contributed by atoms with Gasteiger partial charge in [-0.25, -0.2) is 4.98 Å². The number of benzene rings is 2. The molecular formula is C23H25N3O3S. The molecule has 0 saturated heterocycles. The van der Waals surface area contributed by atoms with Crippen LogP contribution < -0.4 is 15.8 Å². The molecule has 3 rings (SSSR count). The van der Waals surface area contributed by atoms with Gasteiger partial charge < -0.3 is 15.8 Å². The molecule has 3 aromatic rings. The number of nitrogens with zero attached hydrogens (tertiary/aromatic N) is 1. The van der Waals surface area contributed by atoms with Gasteiger partial charge in [0.2, 0.25) is 5.91 Å². The first-order valence-corrected chi connectivity index (χ1v) is 10.5. The molecule has 30 heavy (non-hydrogen) atoms. The predicted molar refractivity (Wildman–Crippen MR) is 120 cm³/mol. The van der Waals surface area contributed by atoms with Crippen LogP contribution in [0.4, 0.5) is 5.69 Å². The quantitative estimate of drug-likeness (QED) is 0.605. The lowest BCUT2D eigenvalue weighted by Gasteiger charge is -2.15. The lowest BCUT2D eigenvalue weighted by molar-refractivity contribution is -0.122. The Morgan fingerprint density at radius 3 is 2.23 bits per heavy atom. The highest BCUT2D eigenvalue weighted by Gasteiger charge is 2.18. The van der Waals surface area contributed by atoms with E-state index in [0.29, 0.717) is 17.0 Å². The predicted octanol–water partition coefficient (Wildman–Crippen LogP) is 4.61. The number of hydrogen-bond donors (Lipinski definition) is 2. The van der Waals surface area contributed by atoms with E-state index in [1.807, 2.05) is 24.3 Å². The average molecular weight is 424 g/mol. The van der Waals surface area contributed by atoms with Gasteiger partial charge in [0.15, 0.2) is 6.10 Å². The molecule has 2 aromatic carbocycles. The molecule has 0 fully saturated rings. The summed E-state index contributed by atoms with van der Waals surface area (Å²) < 4.78 is 5.76. The van der Waals surface area contributed by atoms with E-state index < -0.39 is 12.0 Å². The van der Waals surface area contributed by atoms with Crippen molar-refractivity contribution in [1.82, 2.24) is 4.98 Å². The van der Waals surface area contributed by atoms with Gasteiger partial charge in [0.1, 0.15) is 10.8 Å². The summed E-state index contributed by atoms with van der Waals surface area (Å²) in [5.74, 6) is -0.209. The smallest absolute Gasteiger partial charge is 0.265 e. The summed E-state index contributed by atoms with van der Waals surface area (Å²) in [5, 5.41) is 5.80. The number of anilines is 1. The summed E-state index contributed by atoms with van der Waals surface area (Å²) in [5.41, 5.74) is 8.25. The molecule has 3 N–H and O–H groups in total. The van der Waals surface area contributed by atoms with Crippen molar-refractivity contribution in [3.8, 4) is 16.3 Å². The van der Waals surface area contributed by atoms with Crippen LogP contribution >= 0.6 is 11.3 Å². The number of amides is 2. The van der Waals surface area contributed by atoms with Gasteiger partial charge in [-0.2, -0.15) is 0 Å². The van der Waals surface area contributed by atoms with Crippen LogP contribution in [0.2, 0.25) is 0 Å². The fourth-order valence-corrected chi connectivity index (χ4v) is 3.70. The highest BCUT2D eigenvalue weighted by atomic mass is 32.1. The van der Waals surface area contributed by atoms with Crippen LogP contribution in [-0.4, -0.2) is 22.9 Å². The molecule has 7 heteroatoms. The van der Waals surface area contributed by atoms with E-state index in [-0.39, 0.29) is 11.3 Å². The fourth-order valence-electron chi connectivity index (χ4n) is 2.65. The Morgan fingerprint density at radius 2 is 1.70 bits per heavy atom. The third kappa shape index (κ3) is 5.24. The summed E-state index contributed by atoms with van der Waals surface area (Å²) in [4.78, 5) is 28.2. The molecule has 0 aliphatic heterocycles. The monoisotopic (exact) mass is 423 g/mol.